The zero-order valence-corrected chi connectivity index (χ0v) is 10.9. The summed E-state index contributed by atoms with van der Waals surface area (Å²) in [6.45, 7) is 4.41. The molecule has 1 aromatic heterocycles. The highest BCUT2D eigenvalue weighted by molar-refractivity contribution is 5.45. The summed E-state index contributed by atoms with van der Waals surface area (Å²) in [6.07, 6.45) is 1.63. The van der Waals surface area contributed by atoms with Crippen LogP contribution in [0, 0.1) is 18.3 Å². The van der Waals surface area contributed by atoms with Crippen molar-refractivity contribution in [3.05, 3.63) is 47.7 Å². The normalized spacial score (nSPS) is 9.74. The lowest BCUT2D eigenvalue weighted by Gasteiger charge is -2.08. The van der Waals surface area contributed by atoms with Crippen LogP contribution >= 0.6 is 0 Å². The molecular formula is C15H14N2O2. The molecule has 2 aromatic rings. The maximum Gasteiger partial charge on any atom is 0.237 e. The van der Waals surface area contributed by atoms with E-state index >= 15 is 0 Å². The molecule has 0 radical (unpaired) electrons. The first kappa shape index (κ1) is 12.9. The molecule has 0 spiro atoms. The highest BCUT2D eigenvalue weighted by Crippen LogP contribution is 2.26. The summed E-state index contributed by atoms with van der Waals surface area (Å²) in [6, 6.07) is 11.1. The number of hydrogen-bond donors (Lipinski definition) is 0. The first-order valence-corrected chi connectivity index (χ1v) is 6.01. The Labute approximate surface area is 112 Å². The van der Waals surface area contributed by atoms with E-state index < -0.39 is 0 Å². The van der Waals surface area contributed by atoms with Gasteiger partial charge in [-0.25, -0.2) is 4.98 Å². The van der Waals surface area contributed by atoms with Crippen LogP contribution < -0.4 is 9.47 Å². The Kier molecular flexibility index (Phi) is 3.99. The van der Waals surface area contributed by atoms with Crippen molar-refractivity contribution in [3.63, 3.8) is 0 Å². The molecule has 19 heavy (non-hydrogen) atoms. The number of aryl methyl sites for hydroxylation is 1. The molecule has 1 heterocycles. The molecule has 4 heteroatoms. The number of nitriles is 1. The third-order valence-electron chi connectivity index (χ3n) is 2.59. The SMILES string of the molecule is CCOc1ccc(Oc2nccc(C)c2C#N)cc1. The molecule has 0 aliphatic heterocycles. The molecule has 0 saturated carbocycles. The minimum atomic E-state index is 0.326. The minimum absolute atomic E-state index is 0.326. The van der Waals surface area contributed by atoms with Gasteiger partial charge in [-0.3, -0.25) is 0 Å². The van der Waals surface area contributed by atoms with Gasteiger partial charge in [0.05, 0.1) is 6.61 Å². The van der Waals surface area contributed by atoms with E-state index in [1.165, 1.54) is 0 Å². The number of ether oxygens (including phenoxy) is 2. The van der Waals surface area contributed by atoms with Gasteiger partial charge in [0, 0.05) is 6.20 Å². The van der Waals surface area contributed by atoms with Gasteiger partial charge >= 0.3 is 0 Å². The Hall–Kier alpha value is -2.54. The van der Waals surface area contributed by atoms with Gasteiger partial charge in [-0.05, 0) is 49.7 Å². The summed E-state index contributed by atoms with van der Waals surface area (Å²) in [5, 5.41) is 9.10. The maximum absolute atomic E-state index is 9.10. The molecule has 0 amide bonds. The number of rotatable bonds is 4. The molecule has 0 atom stereocenters. The molecule has 0 saturated heterocycles. The zero-order chi connectivity index (χ0) is 13.7. The van der Waals surface area contributed by atoms with Crippen LogP contribution in [0.3, 0.4) is 0 Å². The van der Waals surface area contributed by atoms with E-state index in [0.29, 0.717) is 23.8 Å². The molecule has 0 unspecified atom stereocenters. The largest absolute Gasteiger partial charge is 0.494 e. The van der Waals surface area contributed by atoms with Gasteiger partial charge in [-0.2, -0.15) is 5.26 Å². The van der Waals surface area contributed by atoms with Crippen molar-refractivity contribution in [1.29, 1.82) is 5.26 Å². The molecule has 4 nitrogen and oxygen atoms in total. The molecule has 0 N–H and O–H groups in total. The third-order valence-corrected chi connectivity index (χ3v) is 2.59. The van der Waals surface area contributed by atoms with E-state index in [9.17, 15) is 0 Å². The molecule has 0 bridgehead atoms. The van der Waals surface area contributed by atoms with E-state index in [4.69, 9.17) is 14.7 Å². The Balaban J connectivity index is 2.22. The molecule has 2 rings (SSSR count). The minimum Gasteiger partial charge on any atom is -0.494 e. The summed E-state index contributed by atoms with van der Waals surface area (Å²) in [7, 11) is 0. The summed E-state index contributed by atoms with van der Waals surface area (Å²) in [5.41, 5.74) is 1.30. The predicted octanol–water partition coefficient (Wildman–Crippen LogP) is 3.45. The van der Waals surface area contributed by atoms with E-state index in [1.807, 2.05) is 26.0 Å². The lowest BCUT2D eigenvalue weighted by Crippen LogP contribution is -1.95. The Morgan fingerprint density at radius 1 is 1.16 bits per heavy atom. The molecule has 1 aromatic carbocycles. The quantitative estimate of drug-likeness (QED) is 0.838. The van der Waals surface area contributed by atoms with Crippen molar-refractivity contribution >= 4 is 0 Å². The average molecular weight is 254 g/mol. The maximum atomic E-state index is 9.10. The fraction of sp³-hybridized carbons (Fsp3) is 0.200. The van der Waals surface area contributed by atoms with Crippen LogP contribution in [0.2, 0.25) is 0 Å². The van der Waals surface area contributed by atoms with Crippen molar-refractivity contribution in [1.82, 2.24) is 4.98 Å². The molecular weight excluding hydrogens is 240 g/mol. The Bertz CT molecular complexity index is 601. The van der Waals surface area contributed by atoms with Crippen LogP contribution in [0.15, 0.2) is 36.5 Å². The van der Waals surface area contributed by atoms with Gasteiger partial charge in [0.15, 0.2) is 0 Å². The van der Waals surface area contributed by atoms with Gasteiger partial charge < -0.3 is 9.47 Å². The summed E-state index contributed by atoms with van der Waals surface area (Å²) < 4.78 is 11.0. The van der Waals surface area contributed by atoms with Crippen molar-refractivity contribution < 1.29 is 9.47 Å². The molecule has 96 valence electrons. The third kappa shape index (κ3) is 3.02. The number of benzene rings is 1. The van der Waals surface area contributed by atoms with Crippen molar-refractivity contribution in [2.45, 2.75) is 13.8 Å². The van der Waals surface area contributed by atoms with Gasteiger partial charge in [0.2, 0.25) is 5.88 Å². The second kappa shape index (κ2) is 5.87. The van der Waals surface area contributed by atoms with Crippen molar-refractivity contribution in [2.75, 3.05) is 6.61 Å². The summed E-state index contributed by atoms with van der Waals surface area (Å²) in [5.74, 6) is 1.73. The van der Waals surface area contributed by atoms with E-state index in [1.54, 1.807) is 24.4 Å². The van der Waals surface area contributed by atoms with Gasteiger partial charge in [-0.15, -0.1) is 0 Å². The second-order valence-electron chi connectivity index (χ2n) is 3.93. The van der Waals surface area contributed by atoms with Crippen molar-refractivity contribution in [3.8, 4) is 23.4 Å². The van der Waals surface area contributed by atoms with Crippen molar-refractivity contribution in [2.24, 2.45) is 0 Å². The fourth-order valence-corrected chi connectivity index (χ4v) is 1.63. The van der Waals surface area contributed by atoms with Crippen LogP contribution in [0.1, 0.15) is 18.1 Å². The lowest BCUT2D eigenvalue weighted by atomic mass is 10.2. The van der Waals surface area contributed by atoms with Crippen LogP contribution in [0.4, 0.5) is 0 Å². The van der Waals surface area contributed by atoms with E-state index in [2.05, 4.69) is 11.1 Å². The summed E-state index contributed by atoms with van der Waals surface area (Å²) >= 11 is 0. The fourth-order valence-electron chi connectivity index (χ4n) is 1.63. The smallest absolute Gasteiger partial charge is 0.237 e. The Morgan fingerprint density at radius 2 is 1.84 bits per heavy atom. The molecule has 0 fully saturated rings. The highest BCUT2D eigenvalue weighted by atomic mass is 16.5. The second-order valence-corrected chi connectivity index (χ2v) is 3.93. The van der Waals surface area contributed by atoms with Crippen LogP contribution in [0.5, 0.6) is 17.4 Å². The molecule has 0 aliphatic rings. The topological polar surface area (TPSA) is 55.1 Å². The number of pyridine rings is 1. The van der Waals surface area contributed by atoms with Gasteiger partial charge in [-0.1, -0.05) is 0 Å². The van der Waals surface area contributed by atoms with Gasteiger partial charge in [0.25, 0.3) is 0 Å². The van der Waals surface area contributed by atoms with Crippen LogP contribution in [-0.4, -0.2) is 11.6 Å². The monoisotopic (exact) mass is 254 g/mol. The van der Waals surface area contributed by atoms with E-state index in [-0.39, 0.29) is 0 Å². The average Bonchev–Trinajstić information content (AvgIpc) is 2.42. The first-order valence-electron chi connectivity index (χ1n) is 6.01. The predicted molar refractivity (Wildman–Crippen MR) is 71.4 cm³/mol. The highest BCUT2D eigenvalue weighted by Gasteiger charge is 2.08. The number of hydrogen-bond acceptors (Lipinski definition) is 4. The first-order chi connectivity index (χ1) is 9.24. The van der Waals surface area contributed by atoms with E-state index in [0.717, 1.165) is 11.3 Å². The lowest BCUT2D eigenvalue weighted by molar-refractivity contribution is 0.339. The zero-order valence-electron chi connectivity index (χ0n) is 10.9. The number of nitrogens with zero attached hydrogens (tertiary/aromatic N) is 2. The standard InChI is InChI=1S/C15H14N2O2/c1-3-18-12-4-6-13(7-5-12)19-15-14(10-16)11(2)8-9-17-15/h4-9H,3H2,1-2H3. The van der Waals surface area contributed by atoms with Crippen LogP contribution in [-0.2, 0) is 0 Å². The summed E-state index contributed by atoms with van der Waals surface area (Å²) in [4.78, 5) is 4.09. The Morgan fingerprint density at radius 3 is 2.47 bits per heavy atom. The molecule has 0 aliphatic carbocycles. The van der Waals surface area contributed by atoms with Crippen LogP contribution in [0.25, 0.3) is 0 Å². The van der Waals surface area contributed by atoms with Gasteiger partial charge in [0.1, 0.15) is 23.1 Å². The number of aromatic nitrogens is 1.